The number of rotatable bonds is 0. The van der Waals surface area contributed by atoms with Crippen molar-refractivity contribution >= 4 is 6.08 Å². The lowest BCUT2D eigenvalue weighted by atomic mass is 9.76. The van der Waals surface area contributed by atoms with Gasteiger partial charge in [0.05, 0.1) is 0 Å². The average molecular weight is 178 g/mol. The predicted molar refractivity (Wildman–Crippen MR) is 50.0 cm³/mol. The van der Waals surface area contributed by atoms with Crippen molar-refractivity contribution in [3.63, 3.8) is 0 Å². The van der Waals surface area contributed by atoms with E-state index in [4.69, 9.17) is 0 Å². The molecule has 0 aliphatic heterocycles. The van der Waals surface area contributed by atoms with Gasteiger partial charge in [0.15, 0.2) is 0 Å². The fraction of sp³-hybridized carbons (Fsp3) is 0.600. The van der Waals surface area contributed by atoms with Gasteiger partial charge in [-0.3, -0.25) is 0 Å². The molecule has 3 heteroatoms. The van der Waals surface area contributed by atoms with E-state index in [9.17, 15) is 0 Å². The first-order valence-electron chi connectivity index (χ1n) is 4.57. The average Bonchev–Trinajstić information content (AvgIpc) is 2.47. The van der Waals surface area contributed by atoms with Gasteiger partial charge in [-0.25, -0.2) is 4.63 Å². The summed E-state index contributed by atoms with van der Waals surface area (Å²) in [5.74, 6) is 0.534. The van der Waals surface area contributed by atoms with E-state index in [1.165, 1.54) is 0 Å². The molecule has 3 nitrogen and oxygen atoms in total. The summed E-state index contributed by atoms with van der Waals surface area (Å²) in [6.07, 6.45) is 5.15. The number of allylic oxidation sites excluding steroid dienone is 1. The number of hydrogen-bond donors (Lipinski definition) is 0. The van der Waals surface area contributed by atoms with Gasteiger partial charge in [0.2, 0.25) is 0 Å². The van der Waals surface area contributed by atoms with Crippen molar-refractivity contribution in [2.75, 3.05) is 0 Å². The molecule has 0 aromatic carbocycles. The Kier molecular flexibility index (Phi) is 1.75. The summed E-state index contributed by atoms with van der Waals surface area (Å²) in [4.78, 5) is 0. The third-order valence-corrected chi connectivity index (χ3v) is 2.60. The van der Waals surface area contributed by atoms with Crippen LogP contribution in [0.5, 0.6) is 0 Å². The molecule has 1 aliphatic rings. The van der Waals surface area contributed by atoms with Crippen LogP contribution in [0.1, 0.15) is 32.2 Å². The lowest BCUT2D eigenvalue weighted by Gasteiger charge is -2.28. The molecular formula is C10H14N2O. The Balaban J connectivity index is 2.26. The molecule has 0 amide bonds. The van der Waals surface area contributed by atoms with Gasteiger partial charge in [-0.1, -0.05) is 37.2 Å². The molecule has 1 heterocycles. The molecule has 0 N–H and O–H groups in total. The first-order valence-corrected chi connectivity index (χ1v) is 4.57. The van der Waals surface area contributed by atoms with E-state index in [1.54, 1.807) is 0 Å². The van der Waals surface area contributed by atoms with Crippen LogP contribution in [0, 0.1) is 11.3 Å². The summed E-state index contributed by atoms with van der Waals surface area (Å²) in [5.41, 5.74) is 2.16. The minimum atomic E-state index is 0.285. The van der Waals surface area contributed by atoms with Crippen LogP contribution in [-0.4, -0.2) is 10.3 Å². The second-order valence-corrected chi connectivity index (χ2v) is 4.63. The summed E-state index contributed by atoms with van der Waals surface area (Å²) >= 11 is 0. The fourth-order valence-electron chi connectivity index (χ4n) is 1.56. The quantitative estimate of drug-likeness (QED) is 0.612. The van der Waals surface area contributed by atoms with Crippen LogP contribution in [0.15, 0.2) is 10.7 Å². The standard InChI is InChI=1S/C10H14N2O/c1-10(2,3)7-4-5-8-9(6-7)12-13-11-8/h4-5,7H,6H2,1-3H3. The van der Waals surface area contributed by atoms with Crippen molar-refractivity contribution < 1.29 is 4.63 Å². The first kappa shape index (κ1) is 8.48. The fourth-order valence-corrected chi connectivity index (χ4v) is 1.56. The highest BCUT2D eigenvalue weighted by molar-refractivity contribution is 5.49. The van der Waals surface area contributed by atoms with E-state index < -0.39 is 0 Å². The zero-order chi connectivity index (χ0) is 9.47. The SMILES string of the molecule is CC(C)(C)C1C=Cc2nonc2C1. The summed E-state index contributed by atoms with van der Waals surface area (Å²) < 4.78 is 4.68. The second kappa shape index (κ2) is 2.69. The van der Waals surface area contributed by atoms with E-state index >= 15 is 0 Å². The zero-order valence-corrected chi connectivity index (χ0v) is 8.24. The van der Waals surface area contributed by atoms with Gasteiger partial charge in [-0.05, 0) is 17.4 Å². The van der Waals surface area contributed by atoms with Gasteiger partial charge >= 0.3 is 0 Å². The molecule has 13 heavy (non-hydrogen) atoms. The Morgan fingerprint density at radius 2 is 2.15 bits per heavy atom. The van der Waals surface area contributed by atoms with Crippen molar-refractivity contribution in [2.45, 2.75) is 27.2 Å². The normalized spacial score (nSPS) is 21.6. The Morgan fingerprint density at radius 3 is 2.85 bits per heavy atom. The molecule has 1 aliphatic carbocycles. The summed E-state index contributed by atoms with van der Waals surface area (Å²) in [6.45, 7) is 6.71. The molecule has 0 spiro atoms. The molecule has 0 fully saturated rings. The molecule has 0 saturated heterocycles. The minimum absolute atomic E-state index is 0.285. The molecule has 1 aromatic heterocycles. The van der Waals surface area contributed by atoms with Crippen molar-refractivity contribution in [3.8, 4) is 0 Å². The highest BCUT2D eigenvalue weighted by Crippen LogP contribution is 2.33. The van der Waals surface area contributed by atoms with Crippen LogP contribution in [0.4, 0.5) is 0 Å². The lowest BCUT2D eigenvalue weighted by Crippen LogP contribution is -2.22. The van der Waals surface area contributed by atoms with Crippen LogP contribution in [0.3, 0.4) is 0 Å². The topological polar surface area (TPSA) is 38.9 Å². The van der Waals surface area contributed by atoms with Crippen LogP contribution >= 0.6 is 0 Å². The maximum absolute atomic E-state index is 4.68. The van der Waals surface area contributed by atoms with E-state index in [2.05, 4.69) is 41.8 Å². The van der Waals surface area contributed by atoms with Gasteiger partial charge in [-0.2, -0.15) is 0 Å². The van der Waals surface area contributed by atoms with Gasteiger partial charge in [0.25, 0.3) is 0 Å². The maximum atomic E-state index is 4.68. The zero-order valence-electron chi connectivity index (χ0n) is 8.24. The van der Waals surface area contributed by atoms with Crippen LogP contribution in [0.2, 0.25) is 0 Å². The van der Waals surface area contributed by atoms with Crippen molar-refractivity contribution in [1.82, 2.24) is 10.3 Å². The first-order chi connectivity index (χ1) is 6.07. The monoisotopic (exact) mass is 178 g/mol. The molecule has 0 radical (unpaired) electrons. The number of aromatic nitrogens is 2. The third-order valence-electron chi connectivity index (χ3n) is 2.60. The Hall–Kier alpha value is -1.12. The molecular weight excluding hydrogens is 164 g/mol. The molecule has 1 aromatic rings. The number of fused-ring (bicyclic) bond motifs is 1. The molecule has 1 atom stereocenters. The van der Waals surface area contributed by atoms with E-state index in [1.807, 2.05) is 6.08 Å². The molecule has 0 bridgehead atoms. The minimum Gasteiger partial charge on any atom is -0.244 e. The number of hydrogen-bond acceptors (Lipinski definition) is 3. The third kappa shape index (κ3) is 1.50. The maximum Gasteiger partial charge on any atom is 0.130 e. The second-order valence-electron chi connectivity index (χ2n) is 4.63. The summed E-state index contributed by atoms with van der Waals surface area (Å²) in [7, 11) is 0. The van der Waals surface area contributed by atoms with Crippen LogP contribution in [0.25, 0.3) is 6.08 Å². The highest BCUT2D eigenvalue weighted by Gasteiger charge is 2.27. The van der Waals surface area contributed by atoms with Crippen molar-refractivity contribution in [2.24, 2.45) is 11.3 Å². The largest absolute Gasteiger partial charge is 0.244 e. The van der Waals surface area contributed by atoms with Crippen LogP contribution in [-0.2, 0) is 6.42 Å². The van der Waals surface area contributed by atoms with E-state index in [-0.39, 0.29) is 5.41 Å². The van der Waals surface area contributed by atoms with Crippen molar-refractivity contribution in [3.05, 3.63) is 17.5 Å². The van der Waals surface area contributed by atoms with Gasteiger partial charge in [-0.15, -0.1) is 0 Å². The Morgan fingerprint density at radius 1 is 1.38 bits per heavy atom. The lowest BCUT2D eigenvalue weighted by molar-refractivity contribution is 0.277. The molecule has 2 rings (SSSR count). The molecule has 70 valence electrons. The highest BCUT2D eigenvalue weighted by atomic mass is 16.6. The molecule has 1 unspecified atom stereocenters. The Labute approximate surface area is 77.8 Å². The molecule has 0 saturated carbocycles. The van der Waals surface area contributed by atoms with Crippen LogP contribution < -0.4 is 0 Å². The van der Waals surface area contributed by atoms with Crippen molar-refractivity contribution in [1.29, 1.82) is 0 Å². The Bertz CT molecular complexity index is 333. The number of nitrogens with zero attached hydrogens (tertiary/aromatic N) is 2. The van der Waals surface area contributed by atoms with Gasteiger partial charge in [0.1, 0.15) is 11.4 Å². The summed E-state index contributed by atoms with van der Waals surface area (Å²) in [5, 5.41) is 7.68. The van der Waals surface area contributed by atoms with E-state index in [0.29, 0.717) is 5.92 Å². The van der Waals surface area contributed by atoms with Gasteiger partial charge < -0.3 is 0 Å². The smallest absolute Gasteiger partial charge is 0.130 e. The predicted octanol–water partition coefficient (Wildman–Crippen LogP) is 2.30. The van der Waals surface area contributed by atoms with Gasteiger partial charge in [0, 0.05) is 6.42 Å². The van der Waals surface area contributed by atoms with E-state index in [0.717, 1.165) is 17.8 Å². The summed E-state index contributed by atoms with van der Waals surface area (Å²) in [6, 6.07) is 0.